The lowest BCUT2D eigenvalue weighted by Crippen LogP contribution is -2.21. The van der Waals surface area contributed by atoms with Crippen molar-refractivity contribution in [1.29, 1.82) is 0 Å². The van der Waals surface area contributed by atoms with E-state index in [1.54, 1.807) is 0 Å². The molecule has 0 saturated heterocycles. The van der Waals surface area contributed by atoms with Gasteiger partial charge in [0.15, 0.2) is 0 Å². The lowest BCUT2D eigenvalue weighted by molar-refractivity contribution is 0.380. The summed E-state index contributed by atoms with van der Waals surface area (Å²) in [4.78, 5) is 8.74. The Kier molecular flexibility index (Phi) is 4.10. The molecule has 1 aliphatic carbocycles. The number of hydrogen-bond donors (Lipinski definition) is 1. The minimum Gasteiger partial charge on any atom is -0.369 e. The molecule has 4 heteroatoms. The molecule has 0 aliphatic heterocycles. The van der Waals surface area contributed by atoms with Gasteiger partial charge in [0.05, 0.1) is 0 Å². The first-order valence-corrected chi connectivity index (χ1v) is 7.21. The molecule has 2 rings (SSSR count). The van der Waals surface area contributed by atoms with Gasteiger partial charge in [-0.05, 0) is 30.6 Å². The van der Waals surface area contributed by atoms with Crippen LogP contribution in [0.5, 0.6) is 0 Å². The summed E-state index contributed by atoms with van der Waals surface area (Å²) in [6, 6.07) is 1.82. The van der Waals surface area contributed by atoms with Gasteiger partial charge in [0.1, 0.15) is 16.8 Å². The van der Waals surface area contributed by atoms with Crippen LogP contribution in [-0.4, -0.2) is 16.5 Å². The van der Waals surface area contributed by atoms with Crippen LogP contribution in [0, 0.1) is 11.3 Å². The molecule has 18 heavy (non-hydrogen) atoms. The van der Waals surface area contributed by atoms with Crippen molar-refractivity contribution in [3.05, 3.63) is 17.0 Å². The van der Waals surface area contributed by atoms with E-state index >= 15 is 0 Å². The molecule has 1 aromatic heterocycles. The van der Waals surface area contributed by atoms with E-state index < -0.39 is 0 Å². The highest BCUT2D eigenvalue weighted by molar-refractivity contribution is 6.29. The molecule has 0 amide bonds. The lowest BCUT2D eigenvalue weighted by Gasteiger charge is -2.20. The Morgan fingerprint density at radius 3 is 2.67 bits per heavy atom. The highest BCUT2D eigenvalue weighted by Crippen LogP contribution is 2.51. The fraction of sp³-hybridized carbons (Fsp3) is 0.714. The highest BCUT2D eigenvalue weighted by Gasteiger charge is 2.44. The van der Waals surface area contributed by atoms with Gasteiger partial charge in [-0.2, -0.15) is 0 Å². The number of anilines is 1. The van der Waals surface area contributed by atoms with Crippen LogP contribution in [0.3, 0.4) is 0 Å². The van der Waals surface area contributed by atoms with Crippen LogP contribution in [0.1, 0.15) is 45.9 Å². The summed E-state index contributed by atoms with van der Waals surface area (Å²) in [5.41, 5.74) is 0.475. The predicted molar refractivity (Wildman–Crippen MR) is 76.0 cm³/mol. The van der Waals surface area contributed by atoms with Gasteiger partial charge < -0.3 is 5.32 Å². The quantitative estimate of drug-likeness (QED) is 0.794. The Labute approximate surface area is 114 Å². The maximum atomic E-state index is 6.02. The normalized spacial score (nSPS) is 16.9. The summed E-state index contributed by atoms with van der Waals surface area (Å²) in [5, 5.41) is 3.97. The summed E-state index contributed by atoms with van der Waals surface area (Å²) in [7, 11) is 0. The number of nitrogens with one attached hydrogen (secondary N) is 1. The third-order valence-corrected chi connectivity index (χ3v) is 4.15. The van der Waals surface area contributed by atoms with Crippen molar-refractivity contribution >= 4 is 17.4 Å². The highest BCUT2D eigenvalue weighted by atomic mass is 35.5. The first-order chi connectivity index (χ1) is 8.55. The second kappa shape index (κ2) is 5.43. The van der Waals surface area contributed by atoms with Crippen molar-refractivity contribution in [2.45, 2.75) is 46.5 Å². The molecule has 0 atom stereocenters. The van der Waals surface area contributed by atoms with Gasteiger partial charge in [0.2, 0.25) is 0 Å². The lowest BCUT2D eigenvalue weighted by atomic mass is 9.92. The molecule has 1 aliphatic rings. The summed E-state index contributed by atoms with van der Waals surface area (Å²) in [6.45, 7) is 7.70. The zero-order valence-corrected chi connectivity index (χ0v) is 12.2. The van der Waals surface area contributed by atoms with Gasteiger partial charge >= 0.3 is 0 Å². The Morgan fingerprint density at radius 1 is 1.39 bits per heavy atom. The third kappa shape index (κ3) is 3.14. The minimum atomic E-state index is 0.475. The van der Waals surface area contributed by atoms with Gasteiger partial charge in [-0.1, -0.05) is 32.4 Å². The summed E-state index contributed by atoms with van der Waals surface area (Å²) >= 11 is 6.02. The number of aromatic nitrogens is 2. The van der Waals surface area contributed by atoms with Crippen molar-refractivity contribution in [1.82, 2.24) is 9.97 Å². The molecule has 100 valence electrons. The summed E-state index contributed by atoms with van der Waals surface area (Å²) in [6.07, 6.45) is 4.55. The maximum absolute atomic E-state index is 6.02. The van der Waals surface area contributed by atoms with E-state index in [1.807, 2.05) is 6.07 Å². The molecular weight excluding hydrogens is 246 g/mol. The Hall–Kier alpha value is -0.830. The average Bonchev–Trinajstić information content (AvgIpc) is 3.07. The Morgan fingerprint density at radius 2 is 2.11 bits per heavy atom. The molecule has 0 unspecified atom stereocenters. The third-order valence-electron chi connectivity index (χ3n) is 3.95. The van der Waals surface area contributed by atoms with Crippen molar-refractivity contribution in [2.75, 3.05) is 11.9 Å². The van der Waals surface area contributed by atoms with Crippen LogP contribution in [0.15, 0.2) is 6.07 Å². The van der Waals surface area contributed by atoms with E-state index in [4.69, 9.17) is 11.6 Å². The van der Waals surface area contributed by atoms with Crippen LogP contribution in [0.2, 0.25) is 5.15 Å². The maximum Gasteiger partial charge on any atom is 0.134 e. The second-order valence-electron chi connectivity index (χ2n) is 5.61. The van der Waals surface area contributed by atoms with Gasteiger partial charge in [-0.3, -0.25) is 0 Å². The fourth-order valence-corrected chi connectivity index (χ4v) is 2.48. The summed E-state index contributed by atoms with van der Waals surface area (Å²) in [5.74, 6) is 2.42. The van der Waals surface area contributed by atoms with Crippen LogP contribution >= 0.6 is 11.6 Å². The zero-order chi connectivity index (χ0) is 13.2. The standard InChI is InChI=1S/C14H22ClN3/c1-4-5-12-17-11(15)8-13(18-12)16-9-14(6-7-14)10(2)3/h8,10H,4-7,9H2,1-3H3,(H,16,17,18). The van der Waals surface area contributed by atoms with E-state index in [0.717, 1.165) is 36.9 Å². The van der Waals surface area contributed by atoms with E-state index in [9.17, 15) is 0 Å². The monoisotopic (exact) mass is 267 g/mol. The van der Waals surface area contributed by atoms with Crippen LogP contribution in [-0.2, 0) is 6.42 Å². The van der Waals surface area contributed by atoms with Crippen LogP contribution < -0.4 is 5.32 Å². The van der Waals surface area contributed by atoms with Crippen molar-refractivity contribution < 1.29 is 0 Å². The van der Waals surface area contributed by atoms with Crippen molar-refractivity contribution in [2.24, 2.45) is 11.3 Å². The predicted octanol–water partition coefficient (Wildman–Crippen LogP) is 3.93. The second-order valence-corrected chi connectivity index (χ2v) is 6.00. The molecular formula is C14H22ClN3. The molecule has 1 aromatic rings. The molecule has 1 N–H and O–H groups in total. The van der Waals surface area contributed by atoms with E-state index in [1.165, 1.54) is 12.8 Å². The number of aryl methyl sites for hydroxylation is 1. The van der Waals surface area contributed by atoms with E-state index in [2.05, 4.69) is 36.1 Å². The van der Waals surface area contributed by atoms with Crippen LogP contribution in [0.4, 0.5) is 5.82 Å². The SMILES string of the molecule is CCCc1nc(Cl)cc(NCC2(C(C)C)CC2)n1. The minimum absolute atomic E-state index is 0.475. The largest absolute Gasteiger partial charge is 0.369 e. The van der Waals surface area contributed by atoms with Crippen molar-refractivity contribution in [3.8, 4) is 0 Å². The van der Waals surface area contributed by atoms with Gasteiger partial charge in [-0.15, -0.1) is 0 Å². The van der Waals surface area contributed by atoms with Crippen molar-refractivity contribution in [3.63, 3.8) is 0 Å². The Balaban J connectivity index is 2.01. The van der Waals surface area contributed by atoms with Crippen LogP contribution in [0.25, 0.3) is 0 Å². The summed E-state index contributed by atoms with van der Waals surface area (Å²) < 4.78 is 0. The smallest absolute Gasteiger partial charge is 0.134 e. The molecule has 0 bridgehead atoms. The zero-order valence-electron chi connectivity index (χ0n) is 11.5. The molecule has 1 heterocycles. The average molecular weight is 268 g/mol. The fourth-order valence-electron chi connectivity index (χ4n) is 2.28. The number of rotatable bonds is 6. The van der Waals surface area contributed by atoms with E-state index in [-0.39, 0.29) is 0 Å². The molecule has 1 saturated carbocycles. The molecule has 0 radical (unpaired) electrons. The molecule has 3 nitrogen and oxygen atoms in total. The molecule has 0 aromatic carbocycles. The number of hydrogen-bond acceptors (Lipinski definition) is 3. The van der Waals surface area contributed by atoms with Gasteiger partial charge in [0.25, 0.3) is 0 Å². The first-order valence-electron chi connectivity index (χ1n) is 6.83. The Bertz CT molecular complexity index is 414. The van der Waals surface area contributed by atoms with Gasteiger partial charge in [0, 0.05) is 19.0 Å². The number of nitrogens with zero attached hydrogens (tertiary/aromatic N) is 2. The molecule has 0 spiro atoms. The molecule has 1 fully saturated rings. The first kappa shape index (κ1) is 13.6. The van der Waals surface area contributed by atoms with E-state index in [0.29, 0.717) is 10.6 Å². The number of halogens is 1. The topological polar surface area (TPSA) is 37.8 Å². The van der Waals surface area contributed by atoms with Gasteiger partial charge in [-0.25, -0.2) is 9.97 Å².